The van der Waals surface area contributed by atoms with Crippen LogP contribution in [0.25, 0.3) is 5.69 Å². The molecule has 1 aliphatic heterocycles. The van der Waals surface area contributed by atoms with Crippen molar-refractivity contribution in [1.82, 2.24) is 20.1 Å². The second-order valence-electron chi connectivity index (χ2n) is 6.75. The Morgan fingerprint density at radius 2 is 2.21 bits per heavy atom. The van der Waals surface area contributed by atoms with Crippen LogP contribution in [0.4, 0.5) is 0 Å². The summed E-state index contributed by atoms with van der Waals surface area (Å²) < 4.78 is 7.09. The lowest BCUT2D eigenvalue weighted by molar-refractivity contribution is 0.0879. The summed E-state index contributed by atoms with van der Waals surface area (Å²) in [5.74, 6) is 1.07. The summed E-state index contributed by atoms with van der Waals surface area (Å²) in [5, 5.41) is 8.04. The van der Waals surface area contributed by atoms with E-state index in [4.69, 9.17) is 16.3 Å². The fourth-order valence-corrected chi connectivity index (χ4v) is 3.14. The molecule has 2 fully saturated rings. The van der Waals surface area contributed by atoms with Gasteiger partial charge in [-0.25, -0.2) is 9.67 Å². The maximum Gasteiger partial charge on any atom is 0.291 e. The van der Waals surface area contributed by atoms with Crippen molar-refractivity contribution >= 4 is 17.5 Å². The molecular formula is C17H19ClN4O2. The summed E-state index contributed by atoms with van der Waals surface area (Å²) in [5.41, 5.74) is 0.398. The Kier molecular flexibility index (Phi) is 3.81. The van der Waals surface area contributed by atoms with Crippen molar-refractivity contribution in [2.75, 3.05) is 13.2 Å². The summed E-state index contributed by atoms with van der Waals surface area (Å²) in [6, 6.07) is 7.47. The van der Waals surface area contributed by atoms with Crippen LogP contribution in [0.15, 0.2) is 24.3 Å². The molecule has 0 radical (unpaired) electrons. The number of amides is 1. The second-order valence-corrected chi connectivity index (χ2v) is 7.16. The van der Waals surface area contributed by atoms with Crippen LogP contribution in [-0.4, -0.2) is 39.4 Å². The Hall–Kier alpha value is -1.92. The molecule has 1 atom stereocenters. The number of carbonyl (C=O) groups is 1. The summed E-state index contributed by atoms with van der Waals surface area (Å²) in [6.45, 7) is 3.15. The van der Waals surface area contributed by atoms with Gasteiger partial charge in [-0.2, -0.15) is 0 Å². The van der Waals surface area contributed by atoms with Crippen molar-refractivity contribution in [3.8, 4) is 5.69 Å². The lowest BCUT2D eigenvalue weighted by atomic mass is 10.0. The molecule has 1 saturated carbocycles. The number of benzene rings is 1. The first-order valence-electron chi connectivity index (χ1n) is 8.18. The van der Waals surface area contributed by atoms with Crippen molar-refractivity contribution in [2.24, 2.45) is 0 Å². The minimum Gasteiger partial charge on any atom is -0.379 e. The van der Waals surface area contributed by atoms with Gasteiger partial charge in [0.1, 0.15) is 5.82 Å². The second kappa shape index (κ2) is 5.86. The standard InChI is InChI=1S/C17H19ClN4O2/c1-17(8-9-24-10-17)20-16(23)14-19-15(11-6-7-11)22(21-14)13-5-3-2-4-12(13)18/h2-5,11H,6-10H2,1H3,(H,20,23)/t17-/m1/s1. The predicted octanol–water partition coefficient (Wildman–Crippen LogP) is 2.71. The van der Waals surface area contributed by atoms with Gasteiger partial charge >= 0.3 is 0 Å². The molecule has 1 amide bonds. The molecule has 24 heavy (non-hydrogen) atoms. The number of ether oxygens (including phenoxy) is 1. The minimum atomic E-state index is -0.354. The summed E-state index contributed by atoms with van der Waals surface area (Å²) >= 11 is 6.30. The molecule has 6 nitrogen and oxygen atoms in total. The molecule has 0 spiro atoms. The Morgan fingerprint density at radius 1 is 1.42 bits per heavy atom. The van der Waals surface area contributed by atoms with Crippen LogP contribution in [0.1, 0.15) is 48.5 Å². The summed E-state index contributed by atoms with van der Waals surface area (Å²) in [4.78, 5) is 17.1. The highest BCUT2D eigenvalue weighted by Gasteiger charge is 2.35. The first-order chi connectivity index (χ1) is 11.6. The maximum atomic E-state index is 12.6. The van der Waals surface area contributed by atoms with Crippen LogP contribution < -0.4 is 5.32 Å². The topological polar surface area (TPSA) is 69.0 Å². The van der Waals surface area contributed by atoms with Crippen LogP contribution in [0.3, 0.4) is 0 Å². The van der Waals surface area contributed by atoms with E-state index >= 15 is 0 Å². The average molecular weight is 347 g/mol. The summed E-state index contributed by atoms with van der Waals surface area (Å²) in [6.07, 6.45) is 2.92. The van der Waals surface area contributed by atoms with Crippen molar-refractivity contribution < 1.29 is 9.53 Å². The van der Waals surface area contributed by atoms with Crippen molar-refractivity contribution in [3.63, 3.8) is 0 Å². The Bertz CT molecular complexity index is 779. The lowest BCUT2D eigenvalue weighted by Gasteiger charge is -2.22. The zero-order valence-corrected chi connectivity index (χ0v) is 14.2. The molecule has 2 aliphatic rings. The number of hydrogen-bond acceptors (Lipinski definition) is 4. The molecule has 1 aromatic heterocycles. The van der Waals surface area contributed by atoms with E-state index in [2.05, 4.69) is 15.4 Å². The zero-order valence-electron chi connectivity index (χ0n) is 13.5. The van der Waals surface area contributed by atoms with Crippen LogP contribution in [0.2, 0.25) is 5.02 Å². The number of aromatic nitrogens is 3. The lowest BCUT2D eigenvalue weighted by Crippen LogP contribution is -2.46. The van der Waals surface area contributed by atoms with Gasteiger partial charge in [0.2, 0.25) is 5.82 Å². The Morgan fingerprint density at radius 3 is 2.88 bits per heavy atom. The van der Waals surface area contributed by atoms with Gasteiger partial charge in [0.15, 0.2) is 0 Å². The third-order valence-electron chi connectivity index (χ3n) is 4.49. The molecule has 126 valence electrons. The number of nitrogens with zero attached hydrogens (tertiary/aromatic N) is 3. The number of rotatable bonds is 4. The molecule has 2 aromatic rings. The fourth-order valence-electron chi connectivity index (χ4n) is 2.92. The van der Waals surface area contributed by atoms with E-state index < -0.39 is 0 Å². The number of carbonyl (C=O) groups excluding carboxylic acids is 1. The molecule has 0 bridgehead atoms. The number of halogens is 1. The van der Waals surface area contributed by atoms with Gasteiger partial charge in [-0.3, -0.25) is 4.79 Å². The van der Waals surface area contributed by atoms with Gasteiger partial charge in [-0.15, -0.1) is 5.10 Å². The molecule has 2 heterocycles. The van der Waals surface area contributed by atoms with Crippen LogP contribution in [0, 0.1) is 0 Å². The third kappa shape index (κ3) is 2.91. The van der Waals surface area contributed by atoms with Crippen molar-refractivity contribution in [3.05, 3.63) is 40.9 Å². The number of nitrogens with one attached hydrogen (secondary N) is 1. The quantitative estimate of drug-likeness (QED) is 0.924. The highest BCUT2D eigenvalue weighted by atomic mass is 35.5. The molecule has 1 aliphatic carbocycles. The Balaban J connectivity index is 1.66. The van der Waals surface area contributed by atoms with E-state index in [1.54, 1.807) is 4.68 Å². The maximum absolute atomic E-state index is 12.6. The van der Waals surface area contributed by atoms with Crippen molar-refractivity contribution in [2.45, 2.75) is 37.6 Å². The summed E-state index contributed by atoms with van der Waals surface area (Å²) in [7, 11) is 0. The molecule has 1 saturated heterocycles. The molecule has 7 heteroatoms. The normalized spacial score (nSPS) is 23.4. The number of para-hydroxylation sites is 1. The van der Waals surface area contributed by atoms with Gasteiger partial charge in [0, 0.05) is 12.5 Å². The minimum absolute atomic E-state index is 0.185. The molecule has 1 aromatic carbocycles. The SMILES string of the molecule is C[C@@]1(NC(=O)c2nc(C3CC3)n(-c3ccccc3Cl)n2)CCOC1. The van der Waals surface area contributed by atoms with E-state index in [0.29, 0.717) is 24.2 Å². The van der Waals surface area contributed by atoms with Crippen LogP contribution in [-0.2, 0) is 4.74 Å². The largest absolute Gasteiger partial charge is 0.379 e. The Labute approximate surface area is 145 Å². The van der Waals surface area contributed by atoms with E-state index in [1.807, 2.05) is 31.2 Å². The fraction of sp³-hybridized carbons (Fsp3) is 0.471. The van der Waals surface area contributed by atoms with E-state index in [9.17, 15) is 4.79 Å². The van der Waals surface area contributed by atoms with E-state index in [1.165, 1.54) is 0 Å². The van der Waals surface area contributed by atoms with Crippen LogP contribution in [0.5, 0.6) is 0 Å². The highest BCUT2D eigenvalue weighted by Crippen LogP contribution is 2.40. The monoisotopic (exact) mass is 346 g/mol. The highest BCUT2D eigenvalue weighted by molar-refractivity contribution is 6.32. The smallest absolute Gasteiger partial charge is 0.291 e. The van der Waals surface area contributed by atoms with Crippen molar-refractivity contribution in [1.29, 1.82) is 0 Å². The number of hydrogen-bond donors (Lipinski definition) is 1. The first-order valence-corrected chi connectivity index (χ1v) is 8.56. The molecule has 4 rings (SSSR count). The average Bonchev–Trinajstić information content (AvgIpc) is 3.16. The van der Waals surface area contributed by atoms with Gasteiger partial charge < -0.3 is 10.1 Å². The van der Waals surface area contributed by atoms with Gasteiger partial charge in [0.25, 0.3) is 5.91 Å². The van der Waals surface area contributed by atoms with Gasteiger partial charge in [-0.1, -0.05) is 23.7 Å². The zero-order chi connectivity index (χ0) is 16.7. The molecule has 0 unspecified atom stereocenters. The van der Waals surface area contributed by atoms with Crippen LogP contribution >= 0.6 is 11.6 Å². The first kappa shape index (κ1) is 15.6. The van der Waals surface area contributed by atoms with Gasteiger partial charge in [-0.05, 0) is 38.3 Å². The van der Waals surface area contributed by atoms with Gasteiger partial charge in [0.05, 0.1) is 22.9 Å². The predicted molar refractivity (Wildman–Crippen MR) is 89.7 cm³/mol. The molecule has 1 N–H and O–H groups in total. The molecular weight excluding hydrogens is 328 g/mol. The third-order valence-corrected chi connectivity index (χ3v) is 4.81. The van der Waals surface area contributed by atoms with E-state index in [-0.39, 0.29) is 17.3 Å². The van der Waals surface area contributed by atoms with E-state index in [0.717, 1.165) is 30.8 Å².